The highest BCUT2D eigenvalue weighted by molar-refractivity contribution is 5.91. The van der Waals surface area contributed by atoms with Crippen molar-refractivity contribution in [3.05, 3.63) is 65.9 Å². The monoisotopic (exact) mass is 598 g/mol. The van der Waals surface area contributed by atoms with E-state index in [1.807, 2.05) is 42.5 Å². The first-order valence-electron chi connectivity index (χ1n) is 13.5. The summed E-state index contributed by atoms with van der Waals surface area (Å²) in [5.41, 5.74) is 2.37. The molecule has 2 aromatic carbocycles. The molecule has 0 aliphatic carbocycles. The van der Waals surface area contributed by atoms with Crippen LogP contribution in [0, 0.1) is 0 Å². The molecule has 12 heteroatoms. The van der Waals surface area contributed by atoms with Gasteiger partial charge in [0, 0.05) is 27.7 Å². The summed E-state index contributed by atoms with van der Waals surface area (Å²) >= 11 is 0. The minimum Gasteiger partial charge on any atom is -0.463 e. The molecule has 2 aromatic rings. The second kappa shape index (κ2) is 15.5. The standard InChI is InChI=1S/C31H34O12/c1-6-37-30(36)25(16-22-11-10-14-24(15-22)23-12-8-7-9-13-23)42-31-29(41-21(5)35)28(40-20(4)34)27(39-19(3)33)26(43-31)17-38-18(2)32/h7-16,26-29,31H,6,17H2,1-5H3/t26-,27+,28+,29-,31-/m0/s1. The van der Waals surface area contributed by atoms with Crippen LogP contribution in [-0.2, 0) is 57.1 Å². The van der Waals surface area contributed by atoms with Crippen LogP contribution in [0.3, 0.4) is 0 Å². The Morgan fingerprint density at radius 1 is 0.698 bits per heavy atom. The molecule has 1 aliphatic heterocycles. The molecule has 0 amide bonds. The van der Waals surface area contributed by atoms with Gasteiger partial charge in [-0.1, -0.05) is 48.5 Å². The Hall–Kier alpha value is -4.71. The van der Waals surface area contributed by atoms with E-state index >= 15 is 0 Å². The Morgan fingerprint density at radius 2 is 1.30 bits per heavy atom. The van der Waals surface area contributed by atoms with E-state index in [9.17, 15) is 24.0 Å². The second-order valence-electron chi connectivity index (χ2n) is 9.41. The Kier molecular flexibility index (Phi) is 11.8. The van der Waals surface area contributed by atoms with Gasteiger partial charge in [-0.15, -0.1) is 0 Å². The average molecular weight is 599 g/mol. The highest BCUT2D eigenvalue weighted by Crippen LogP contribution is 2.32. The van der Waals surface area contributed by atoms with Gasteiger partial charge in [0.15, 0.2) is 12.2 Å². The normalized spacial score (nSPS) is 21.6. The molecule has 43 heavy (non-hydrogen) atoms. The number of hydrogen-bond donors (Lipinski definition) is 0. The molecule has 0 radical (unpaired) electrons. The smallest absolute Gasteiger partial charge is 0.373 e. The van der Waals surface area contributed by atoms with Crippen molar-refractivity contribution in [1.82, 2.24) is 0 Å². The Balaban J connectivity index is 2.07. The Labute approximate surface area is 248 Å². The molecule has 12 nitrogen and oxygen atoms in total. The average Bonchev–Trinajstić information content (AvgIpc) is 2.94. The molecule has 1 heterocycles. The number of hydrogen-bond acceptors (Lipinski definition) is 12. The maximum atomic E-state index is 13.1. The number of rotatable bonds is 11. The van der Waals surface area contributed by atoms with Crippen molar-refractivity contribution in [2.45, 2.75) is 65.3 Å². The van der Waals surface area contributed by atoms with E-state index in [2.05, 4.69) is 0 Å². The molecule has 0 spiro atoms. The van der Waals surface area contributed by atoms with E-state index in [1.165, 1.54) is 6.08 Å². The molecule has 0 aromatic heterocycles. The molecule has 1 aliphatic rings. The van der Waals surface area contributed by atoms with Gasteiger partial charge in [-0.3, -0.25) is 19.2 Å². The van der Waals surface area contributed by atoms with Crippen LogP contribution in [0.1, 0.15) is 40.2 Å². The van der Waals surface area contributed by atoms with E-state index in [0.29, 0.717) is 5.56 Å². The van der Waals surface area contributed by atoms with Gasteiger partial charge in [0.1, 0.15) is 12.7 Å². The maximum absolute atomic E-state index is 13.1. The summed E-state index contributed by atoms with van der Waals surface area (Å²) in [7, 11) is 0. The van der Waals surface area contributed by atoms with Crippen molar-refractivity contribution in [2.24, 2.45) is 0 Å². The third-order valence-electron chi connectivity index (χ3n) is 5.96. The van der Waals surface area contributed by atoms with Crippen molar-refractivity contribution in [3.8, 4) is 11.1 Å². The van der Waals surface area contributed by atoms with E-state index in [4.69, 9.17) is 33.2 Å². The first-order chi connectivity index (χ1) is 20.5. The van der Waals surface area contributed by atoms with Crippen molar-refractivity contribution in [2.75, 3.05) is 13.2 Å². The van der Waals surface area contributed by atoms with Crippen LogP contribution < -0.4 is 0 Å². The van der Waals surface area contributed by atoms with Gasteiger partial charge in [0.2, 0.25) is 18.2 Å². The fourth-order valence-electron chi connectivity index (χ4n) is 4.34. The van der Waals surface area contributed by atoms with Crippen LogP contribution in [0.5, 0.6) is 0 Å². The first kappa shape index (κ1) is 32.8. The number of ether oxygens (including phenoxy) is 7. The third kappa shape index (κ3) is 9.67. The Bertz CT molecular complexity index is 1340. The van der Waals surface area contributed by atoms with Crippen molar-refractivity contribution >= 4 is 35.9 Å². The molecule has 230 valence electrons. The van der Waals surface area contributed by atoms with Crippen molar-refractivity contribution in [3.63, 3.8) is 0 Å². The molecule has 0 bridgehead atoms. The minimum atomic E-state index is -1.60. The lowest BCUT2D eigenvalue weighted by atomic mass is 9.98. The van der Waals surface area contributed by atoms with E-state index in [-0.39, 0.29) is 12.4 Å². The zero-order chi connectivity index (χ0) is 31.5. The first-order valence-corrected chi connectivity index (χ1v) is 13.5. The maximum Gasteiger partial charge on any atom is 0.373 e. The topological polar surface area (TPSA) is 150 Å². The lowest BCUT2D eigenvalue weighted by molar-refractivity contribution is -0.299. The summed E-state index contributed by atoms with van der Waals surface area (Å²) in [5.74, 6) is -4.24. The number of carbonyl (C=O) groups excluding carboxylic acids is 5. The van der Waals surface area contributed by atoms with Gasteiger partial charge in [0.25, 0.3) is 0 Å². The fourth-order valence-corrected chi connectivity index (χ4v) is 4.34. The van der Waals surface area contributed by atoms with E-state index < -0.39 is 67.2 Å². The molecule has 3 rings (SSSR count). The highest BCUT2D eigenvalue weighted by atomic mass is 16.7. The van der Waals surface area contributed by atoms with E-state index in [0.717, 1.165) is 38.8 Å². The molecule has 1 saturated heterocycles. The largest absolute Gasteiger partial charge is 0.463 e. The third-order valence-corrected chi connectivity index (χ3v) is 5.96. The van der Waals surface area contributed by atoms with Gasteiger partial charge in [0.05, 0.1) is 6.61 Å². The fraction of sp³-hybridized carbons (Fsp3) is 0.387. The molecule has 0 N–H and O–H groups in total. The molecular weight excluding hydrogens is 564 g/mol. The highest BCUT2D eigenvalue weighted by Gasteiger charge is 2.53. The van der Waals surface area contributed by atoms with Crippen LogP contribution >= 0.6 is 0 Å². The van der Waals surface area contributed by atoms with E-state index in [1.54, 1.807) is 19.1 Å². The van der Waals surface area contributed by atoms with Gasteiger partial charge < -0.3 is 33.2 Å². The summed E-state index contributed by atoms with van der Waals surface area (Å²) in [6.07, 6.45) is -5.80. The van der Waals surface area contributed by atoms with Crippen LogP contribution in [0.15, 0.2) is 60.4 Å². The molecular formula is C31H34O12. The summed E-state index contributed by atoms with van der Waals surface area (Å²) in [4.78, 5) is 60.9. The minimum absolute atomic E-state index is 0.0160. The van der Waals surface area contributed by atoms with Crippen molar-refractivity contribution in [1.29, 1.82) is 0 Å². The lowest BCUT2D eigenvalue weighted by Crippen LogP contribution is -2.63. The number of benzene rings is 2. The lowest BCUT2D eigenvalue weighted by Gasteiger charge is -2.43. The Morgan fingerprint density at radius 3 is 1.91 bits per heavy atom. The second-order valence-corrected chi connectivity index (χ2v) is 9.41. The molecule has 0 saturated carbocycles. The quantitative estimate of drug-likeness (QED) is 0.161. The van der Waals surface area contributed by atoms with Gasteiger partial charge in [-0.2, -0.15) is 0 Å². The SMILES string of the molecule is CCOC(=O)C(=Cc1cccc(-c2ccccc2)c1)O[C@H]1O[C@@H](COC(C)=O)[C@@H](OC(C)=O)[C@@H](OC(C)=O)[C@@H]1OC(C)=O. The molecule has 5 atom stereocenters. The zero-order valence-corrected chi connectivity index (χ0v) is 24.5. The predicted molar refractivity (Wildman–Crippen MR) is 150 cm³/mol. The number of esters is 5. The van der Waals surface area contributed by atoms with Crippen molar-refractivity contribution < 1.29 is 57.1 Å². The zero-order valence-electron chi connectivity index (χ0n) is 24.5. The molecule has 0 unspecified atom stereocenters. The van der Waals surface area contributed by atoms with Crippen LogP contribution in [0.4, 0.5) is 0 Å². The van der Waals surface area contributed by atoms with Crippen LogP contribution in [0.2, 0.25) is 0 Å². The summed E-state index contributed by atoms with van der Waals surface area (Å²) in [6, 6.07) is 16.8. The van der Waals surface area contributed by atoms with Crippen LogP contribution in [0.25, 0.3) is 17.2 Å². The summed E-state index contributed by atoms with van der Waals surface area (Å²) in [6.45, 7) is 5.66. The number of carbonyl (C=O) groups is 5. The van der Waals surface area contributed by atoms with Gasteiger partial charge in [-0.25, -0.2) is 4.79 Å². The predicted octanol–water partition coefficient (Wildman–Crippen LogP) is 3.36. The van der Waals surface area contributed by atoms with Crippen LogP contribution in [-0.4, -0.2) is 73.8 Å². The van der Waals surface area contributed by atoms with Gasteiger partial charge >= 0.3 is 29.8 Å². The summed E-state index contributed by atoms with van der Waals surface area (Å²) in [5, 5.41) is 0. The summed E-state index contributed by atoms with van der Waals surface area (Å²) < 4.78 is 38.5. The molecule has 1 fully saturated rings. The van der Waals surface area contributed by atoms with Gasteiger partial charge in [-0.05, 0) is 35.8 Å².